The number of carbonyl (C=O) groups excluding carboxylic acids is 1. The molecule has 122 valence electrons. The van der Waals surface area contributed by atoms with Crippen LogP contribution in [-0.2, 0) is 16.1 Å². The molecule has 1 atom stereocenters. The van der Waals surface area contributed by atoms with Gasteiger partial charge in [-0.1, -0.05) is 12.1 Å². The van der Waals surface area contributed by atoms with Crippen LogP contribution in [0.25, 0.3) is 0 Å². The van der Waals surface area contributed by atoms with Crippen LogP contribution in [0.1, 0.15) is 24.8 Å². The summed E-state index contributed by atoms with van der Waals surface area (Å²) in [4.78, 5) is 11.9. The Balaban J connectivity index is 1.52. The van der Waals surface area contributed by atoms with Crippen LogP contribution in [0, 0.1) is 5.92 Å². The highest BCUT2D eigenvalue weighted by molar-refractivity contribution is 5.78. The van der Waals surface area contributed by atoms with Gasteiger partial charge in [0.15, 0.2) is 0 Å². The second kappa shape index (κ2) is 9.43. The van der Waals surface area contributed by atoms with E-state index >= 15 is 0 Å². The Labute approximate surface area is 132 Å². The first-order chi connectivity index (χ1) is 10.8. The number of methoxy groups -OCH3 is 1. The second-order valence-electron chi connectivity index (χ2n) is 5.59. The van der Waals surface area contributed by atoms with E-state index in [2.05, 4.69) is 10.6 Å². The standard InChI is InChI=1S/C17H26N2O3/c1-21-16-7-5-14(6-8-16)13-22-11-3-10-19-17(20)15-4-2-9-18-12-15/h5-8,15,18H,2-4,9-13H2,1H3,(H,19,20). The summed E-state index contributed by atoms with van der Waals surface area (Å²) in [6.45, 7) is 3.75. The minimum atomic E-state index is 0.133. The van der Waals surface area contributed by atoms with Gasteiger partial charge in [-0.15, -0.1) is 0 Å². The van der Waals surface area contributed by atoms with Crippen LogP contribution in [-0.4, -0.2) is 39.3 Å². The number of benzene rings is 1. The lowest BCUT2D eigenvalue weighted by Crippen LogP contribution is -2.40. The van der Waals surface area contributed by atoms with Gasteiger partial charge in [0, 0.05) is 19.7 Å². The van der Waals surface area contributed by atoms with E-state index in [1.54, 1.807) is 7.11 Å². The maximum Gasteiger partial charge on any atom is 0.224 e. The number of rotatable bonds is 8. The Hall–Kier alpha value is -1.59. The molecule has 1 fully saturated rings. The first kappa shape index (κ1) is 16.8. The van der Waals surface area contributed by atoms with Crippen molar-refractivity contribution in [2.45, 2.75) is 25.9 Å². The third-order valence-electron chi connectivity index (χ3n) is 3.86. The maximum atomic E-state index is 11.9. The molecule has 0 radical (unpaired) electrons. The molecule has 1 aliphatic heterocycles. The molecule has 1 aromatic carbocycles. The summed E-state index contributed by atoms with van der Waals surface area (Å²) in [6, 6.07) is 7.85. The fourth-order valence-electron chi connectivity index (χ4n) is 2.52. The van der Waals surface area contributed by atoms with Gasteiger partial charge < -0.3 is 20.1 Å². The molecular weight excluding hydrogens is 280 g/mol. The van der Waals surface area contributed by atoms with Crippen molar-refractivity contribution in [1.29, 1.82) is 0 Å². The monoisotopic (exact) mass is 306 g/mol. The lowest BCUT2D eigenvalue weighted by molar-refractivity contribution is -0.125. The predicted molar refractivity (Wildman–Crippen MR) is 85.9 cm³/mol. The van der Waals surface area contributed by atoms with Crippen molar-refractivity contribution < 1.29 is 14.3 Å². The van der Waals surface area contributed by atoms with Crippen molar-refractivity contribution in [3.05, 3.63) is 29.8 Å². The lowest BCUT2D eigenvalue weighted by Gasteiger charge is -2.21. The summed E-state index contributed by atoms with van der Waals surface area (Å²) < 4.78 is 10.7. The number of hydrogen-bond donors (Lipinski definition) is 2. The number of nitrogens with one attached hydrogen (secondary N) is 2. The minimum Gasteiger partial charge on any atom is -0.497 e. The summed E-state index contributed by atoms with van der Waals surface area (Å²) in [5.41, 5.74) is 1.12. The molecule has 0 bridgehead atoms. The van der Waals surface area contributed by atoms with Gasteiger partial charge in [0.2, 0.25) is 5.91 Å². The van der Waals surface area contributed by atoms with Gasteiger partial charge in [-0.2, -0.15) is 0 Å². The average molecular weight is 306 g/mol. The van der Waals surface area contributed by atoms with Crippen LogP contribution in [0.2, 0.25) is 0 Å². The summed E-state index contributed by atoms with van der Waals surface area (Å²) in [5, 5.41) is 6.25. The van der Waals surface area contributed by atoms with E-state index < -0.39 is 0 Å². The van der Waals surface area contributed by atoms with Crippen LogP contribution in [0.4, 0.5) is 0 Å². The zero-order chi connectivity index (χ0) is 15.6. The highest BCUT2D eigenvalue weighted by atomic mass is 16.5. The molecule has 2 N–H and O–H groups in total. The van der Waals surface area contributed by atoms with Crippen molar-refractivity contribution in [1.82, 2.24) is 10.6 Å². The van der Waals surface area contributed by atoms with Gasteiger partial charge in [-0.3, -0.25) is 4.79 Å². The minimum absolute atomic E-state index is 0.133. The van der Waals surface area contributed by atoms with Crippen LogP contribution < -0.4 is 15.4 Å². The number of piperidine rings is 1. The van der Waals surface area contributed by atoms with Crippen molar-refractivity contribution in [2.24, 2.45) is 5.92 Å². The molecule has 2 rings (SSSR count). The van der Waals surface area contributed by atoms with E-state index in [4.69, 9.17) is 9.47 Å². The van der Waals surface area contributed by atoms with Crippen LogP contribution in [0.15, 0.2) is 24.3 Å². The molecule has 5 heteroatoms. The first-order valence-electron chi connectivity index (χ1n) is 7.98. The molecule has 0 spiro atoms. The fourth-order valence-corrected chi connectivity index (χ4v) is 2.52. The molecule has 1 unspecified atom stereocenters. The number of carbonyl (C=O) groups is 1. The molecule has 1 aromatic rings. The molecule has 1 heterocycles. The Kier molecular flexibility index (Phi) is 7.19. The normalized spacial score (nSPS) is 18.0. The van der Waals surface area contributed by atoms with Gasteiger partial charge in [-0.25, -0.2) is 0 Å². The SMILES string of the molecule is COc1ccc(COCCCNC(=O)C2CCCNC2)cc1. The molecule has 22 heavy (non-hydrogen) atoms. The number of amides is 1. The van der Waals surface area contributed by atoms with Gasteiger partial charge in [0.05, 0.1) is 19.6 Å². The highest BCUT2D eigenvalue weighted by Crippen LogP contribution is 2.12. The van der Waals surface area contributed by atoms with E-state index in [1.165, 1.54) is 0 Å². The van der Waals surface area contributed by atoms with Crippen molar-refractivity contribution in [3.63, 3.8) is 0 Å². The molecule has 0 saturated carbocycles. The lowest BCUT2D eigenvalue weighted by atomic mass is 9.99. The largest absolute Gasteiger partial charge is 0.497 e. The van der Waals surface area contributed by atoms with Crippen LogP contribution in [0.5, 0.6) is 5.75 Å². The summed E-state index contributed by atoms with van der Waals surface area (Å²) >= 11 is 0. The van der Waals surface area contributed by atoms with Crippen LogP contribution in [0.3, 0.4) is 0 Å². The van der Waals surface area contributed by atoms with Crippen molar-refractivity contribution >= 4 is 5.91 Å². The predicted octanol–water partition coefficient (Wildman–Crippen LogP) is 1.72. The molecule has 1 saturated heterocycles. The summed E-state index contributed by atoms with van der Waals surface area (Å²) in [5.74, 6) is 1.15. The van der Waals surface area contributed by atoms with E-state index in [-0.39, 0.29) is 11.8 Å². The zero-order valence-electron chi connectivity index (χ0n) is 13.3. The zero-order valence-corrected chi connectivity index (χ0v) is 13.3. The van der Waals surface area contributed by atoms with E-state index in [9.17, 15) is 4.79 Å². The number of ether oxygens (including phenoxy) is 2. The van der Waals surface area contributed by atoms with Crippen molar-refractivity contribution in [3.8, 4) is 5.75 Å². The third-order valence-corrected chi connectivity index (χ3v) is 3.86. The van der Waals surface area contributed by atoms with Gasteiger partial charge in [0.25, 0.3) is 0 Å². The Morgan fingerprint density at radius 2 is 2.18 bits per heavy atom. The molecule has 1 aliphatic rings. The molecular formula is C17H26N2O3. The van der Waals surface area contributed by atoms with Gasteiger partial charge in [0.1, 0.15) is 5.75 Å². The number of hydrogen-bond acceptors (Lipinski definition) is 4. The first-order valence-corrected chi connectivity index (χ1v) is 7.98. The maximum absolute atomic E-state index is 11.9. The molecule has 0 aliphatic carbocycles. The fraction of sp³-hybridized carbons (Fsp3) is 0.588. The van der Waals surface area contributed by atoms with E-state index in [0.717, 1.165) is 43.7 Å². The highest BCUT2D eigenvalue weighted by Gasteiger charge is 2.19. The van der Waals surface area contributed by atoms with Crippen molar-refractivity contribution in [2.75, 3.05) is 33.4 Å². The third kappa shape index (κ3) is 5.66. The van der Waals surface area contributed by atoms with E-state index in [0.29, 0.717) is 19.8 Å². The summed E-state index contributed by atoms with van der Waals surface area (Å²) in [7, 11) is 1.66. The van der Waals surface area contributed by atoms with Gasteiger partial charge >= 0.3 is 0 Å². The second-order valence-corrected chi connectivity index (χ2v) is 5.59. The topological polar surface area (TPSA) is 59.6 Å². The summed E-state index contributed by atoms with van der Waals surface area (Å²) in [6.07, 6.45) is 2.91. The van der Waals surface area contributed by atoms with Gasteiger partial charge in [-0.05, 0) is 43.5 Å². The Bertz CT molecular complexity index is 442. The molecule has 0 aromatic heterocycles. The van der Waals surface area contributed by atoms with E-state index in [1.807, 2.05) is 24.3 Å². The molecule has 1 amide bonds. The molecule has 5 nitrogen and oxygen atoms in total. The smallest absolute Gasteiger partial charge is 0.224 e. The average Bonchev–Trinajstić information content (AvgIpc) is 2.59. The Morgan fingerprint density at radius 1 is 1.36 bits per heavy atom. The Morgan fingerprint density at radius 3 is 2.86 bits per heavy atom. The van der Waals surface area contributed by atoms with Crippen LogP contribution >= 0.6 is 0 Å². The quantitative estimate of drug-likeness (QED) is 0.718.